The lowest BCUT2D eigenvalue weighted by molar-refractivity contribution is 0.112. The maximum absolute atomic E-state index is 13.2. The molecule has 1 aromatic rings. The van der Waals surface area contributed by atoms with Crippen LogP contribution in [0.1, 0.15) is 30.1 Å². The van der Waals surface area contributed by atoms with Gasteiger partial charge in [-0.2, -0.15) is 0 Å². The minimum atomic E-state index is -0.349. The summed E-state index contributed by atoms with van der Waals surface area (Å²) in [5.74, 6) is -0.349. The minimum Gasteiger partial charge on any atom is -0.365 e. The number of anilines is 1. The fourth-order valence-electron chi connectivity index (χ4n) is 3.40. The molecule has 0 spiro atoms. The summed E-state index contributed by atoms with van der Waals surface area (Å²) in [7, 11) is 0. The van der Waals surface area contributed by atoms with Crippen molar-refractivity contribution >= 4 is 12.0 Å². The van der Waals surface area contributed by atoms with Gasteiger partial charge in [0.2, 0.25) is 0 Å². The molecule has 2 saturated heterocycles. The molecule has 2 atom stereocenters. The molecule has 3 rings (SSSR count). The molecule has 2 fully saturated rings. The van der Waals surface area contributed by atoms with E-state index in [0.29, 0.717) is 17.6 Å². The van der Waals surface area contributed by atoms with Crippen molar-refractivity contribution in [2.75, 3.05) is 24.5 Å². The van der Waals surface area contributed by atoms with E-state index in [0.717, 1.165) is 25.1 Å². The molecule has 2 unspecified atom stereocenters. The average molecular weight is 262 g/mol. The Morgan fingerprint density at radius 1 is 1.37 bits per heavy atom. The summed E-state index contributed by atoms with van der Waals surface area (Å²) in [5.41, 5.74) is 1.33. The van der Waals surface area contributed by atoms with Crippen molar-refractivity contribution in [3.63, 3.8) is 0 Å². The van der Waals surface area contributed by atoms with Crippen LogP contribution in [0.5, 0.6) is 0 Å². The first-order valence-electron chi connectivity index (χ1n) is 6.94. The summed E-state index contributed by atoms with van der Waals surface area (Å²) in [6.45, 7) is 5.33. The van der Waals surface area contributed by atoms with Crippen LogP contribution in [0.4, 0.5) is 10.1 Å². The van der Waals surface area contributed by atoms with Crippen molar-refractivity contribution in [1.29, 1.82) is 0 Å². The molecule has 3 nitrogen and oxygen atoms in total. The number of hydrogen-bond acceptors (Lipinski definition) is 3. The summed E-state index contributed by atoms with van der Waals surface area (Å²) in [4.78, 5) is 15.9. The molecule has 0 aliphatic carbocycles. The fraction of sp³-hybridized carbons (Fsp3) is 0.533. The Hall–Kier alpha value is -1.42. The van der Waals surface area contributed by atoms with Gasteiger partial charge in [-0.05, 0) is 44.5 Å². The first-order valence-corrected chi connectivity index (χ1v) is 6.94. The van der Waals surface area contributed by atoms with E-state index >= 15 is 0 Å². The normalized spacial score (nSPS) is 27.4. The van der Waals surface area contributed by atoms with Crippen molar-refractivity contribution in [3.8, 4) is 0 Å². The second-order valence-corrected chi connectivity index (χ2v) is 5.61. The van der Waals surface area contributed by atoms with Crippen LogP contribution in [0.25, 0.3) is 0 Å². The Balaban J connectivity index is 1.90. The quantitative estimate of drug-likeness (QED) is 0.764. The summed E-state index contributed by atoms with van der Waals surface area (Å²) in [6, 6.07) is 5.45. The van der Waals surface area contributed by atoms with Gasteiger partial charge in [0.15, 0.2) is 6.29 Å². The Kier molecular flexibility index (Phi) is 3.27. The number of hydrogen-bond donors (Lipinski definition) is 0. The molecule has 1 aromatic carbocycles. The molecule has 0 amide bonds. The molecule has 4 heteroatoms. The number of fused-ring (bicyclic) bond motifs is 1. The van der Waals surface area contributed by atoms with Gasteiger partial charge in [0.1, 0.15) is 5.82 Å². The van der Waals surface area contributed by atoms with Crippen LogP contribution in [0.15, 0.2) is 18.2 Å². The molecule has 19 heavy (non-hydrogen) atoms. The van der Waals surface area contributed by atoms with Crippen LogP contribution >= 0.6 is 0 Å². The summed E-state index contributed by atoms with van der Waals surface area (Å²) < 4.78 is 13.2. The second-order valence-electron chi connectivity index (χ2n) is 5.61. The lowest BCUT2D eigenvalue weighted by atomic mass is 10.0. The van der Waals surface area contributed by atoms with Crippen molar-refractivity contribution < 1.29 is 9.18 Å². The Morgan fingerprint density at radius 2 is 2.21 bits per heavy atom. The zero-order valence-corrected chi connectivity index (χ0v) is 11.2. The molecular formula is C15H19FN2O. The van der Waals surface area contributed by atoms with Crippen LogP contribution in [0, 0.1) is 5.82 Å². The first kappa shape index (κ1) is 12.6. The van der Waals surface area contributed by atoms with Gasteiger partial charge in [-0.15, -0.1) is 0 Å². The number of aldehydes is 1. The molecule has 0 N–H and O–H groups in total. The van der Waals surface area contributed by atoms with Gasteiger partial charge < -0.3 is 4.90 Å². The van der Waals surface area contributed by atoms with Crippen LogP contribution in [0.2, 0.25) is 0 Å². The summed E-state index contributed by atoms with van der Waals surface area (Å²) >= 11 is 0. The molecule has 102 valence electrons. The maximum atomic E-state index is 13.2. The van der Waals surface area contributed by atoms with E-state index in [1.54, 1.807) is 6.07 Å². The highest BCUT2D eigenvalue weighted by atomic mass is 19.1. The molecule has 0 aromatic heterocycles. The fourth-order valence-corrected chi connectivity index (χ4v) is 3.40. The molecular weight excluding hydrogens is 243 g/mol. The highest BCUT2D eigenvalue weighted by Crippen LogP contribution is 2.30. The molecule has 0 bridgehead atoms. The number of rotatable bonds is 2. The lowest BCUT2D eigenvalue weighted by Gasteiger charge is -2.44. The highest BCUT2D eigenvalue weighted by molar-refractivity contribution is 5.84. The number of benzene rings is 1. The Bertz CT molecular complexity index is 491. The standard InChI is InChI=1S/C15H19FN2O/c1-11-8-17-6-2-3-14(17)9-18(11)15-5-4-13(16)7-12(15)10-19/h4-5,7,10-11,14H,2-3,6,8-9H2,1H3. The summed E-state index contributed by atoms with van der Waals surface area (Å²) in [6.07, 6.45) is 3.24. The van der Waals surface area contributed by atoms with Gasteiger partial charge in [-0.1, -0.05) is 0 Å². The predicted molar refractivity (Wildman–Crippen MR) is 73.2 cm³/mol. The second kappa shape index (κ2) is 4.93. The van der Waals surface area contributed by atoms with Crippen molar-refractivity contribution in [3.05, 3.63) is 29.6 Å². The number of halogens is 1. The Labute approximate surface area is 113 Å². The SMILES string of the molecule is CC1CN2CCCC2CN1c1ccc(F)cc1C=O. The van der Waals surface area contributed by atoms with E-state index in [2.05, 4.69) is 16.7 Å². The third-order valence-corrected chi connectivity index (χ3v) is 4.36. The number of carbonyl (C=O) groups excluding carboxylic acids is 1. The third-order valence-electron chi connectivity index (χ3n) is 4.36. The van der Waals surface area contributed by atoms with E-state index in [9.17, 15) is 9.18 Å². The zero-order chi connectivity index (χ0) is 13.4. The molecule has 2 heterocycles. The van der Waals surface area contributed by atoms with E-state index in [1.165, 1.54) is 31.5 Å². The third kappa shape index (κ3) is 2.25. The van der Waals surface area contributed by atoms with Gasteiger partial charge in [0.25, 0.3) is 0 Å². The average Bonchev–Trinajstić information content (AvgIpc) is 2.85. The smallest absolute Gasteiger partial charge is 0.152 e. The first-order chi connectivity index (χ1) is 9.19. The van der Waals surface area contributed by atoms with E-state index in [-0.39, 0.29) is 5.82 Å². The van der Waals surface area contributed by atoms with Crippen LogP contribution in [-0.2, 0) is 0 Å². The van der Waals surface area contributed by atoms with Gasteiger partial charge in [-0.3, -0.25) is 9.69 Å². The monoisotopic (exact) mass is 262 g/mol. The largest absolute Gasteiger partial charge is 0.365 e. The van der Waals surface area contributed by atoms with Crippen LogP contribution in [0.3, 0.4) is 0 Å². The van der Waals surface area contributed by atoms with E-state index < -0.39 is 0 Å². The lowest BCUT2D eigenvalue weighted by Crippen LogP contribution is -2.55. The predicted octanol–water partition coefficient (Wildman–Crippen LogP) is 2.31. The van der Waals surface area contributed by atoms with Gasteiger partial charge in [0, 0.05) is 36.4 Å². The van der Waals surface area contributed by atoms with Gasteiger partial charge in [-0.25, -0.2) is 4.39 Å². The van der Waals surface area contributed by atoms with Gasteiger partial charge in [0.05, 0.1) is 0 Å². The number of nitrogens with zero attached hydrogens (tertiary/aromatic N) is 2. The van der Waals surface area contributed by atoms with Crippen molar-refractivity contribution in [1.82, 2.24) is 4.90 Å². The van der Waals surface area contributed by atoms with Crippen LogP contribution in [-0.4, -0.2) is 42.9 Å². The van der Waals surface area contributed by atoms with E-state index in [1.807, 2.05) is 0 Å². The van der Waals surface area contributed by atoms with Crippen LogP contribution < -0.4 is 4.90 Å². The Morgan fingerprint density at radius 3 is 3.00 bits per heavy atom. The maximum Gasteiger partial charge on any atom is 0.152 e. The van der Waals surface area contributed by atoms with Gasteiger partial charge >= 0.3 is 0 Å². The minimum absolute atomic E-state index is 0.349. The summed E-state index contributed by atoms with van der Waals surface area (Å²) in [5, 5.41) is 0. The van der Waals surface area contributed by atoms with Crippen molar-refractivity contribution in [2.45, 2.75) is 31.8 Å². The molecule has 0 radical (unpaired) electrons. The molecule has 2 aliphatic heterocycles. The zero-order valence-electron chi connectivity index (χ0n) is 11.2. The highest BCUT2D eigenvalue weighted by Gasteiger charge is 2.35. The molecule has 0 saturated carbocycles. The topological polar surface area (TPSA) is 23.6 Å². The number of piperazine rings is 1. The van der Waals surface area contributed by atoms with E-state index in [4.69, 9.17) is 0 Å². The number of carbonyl (C=O) groups is 1. The molecule has 2 aliphatic rings. The van der Waals surface area contributed by atoms with Crippen molar-refractivity contribution in [2.24, 2.45) is 0 Å².